The maximum absolute atomic E-state index is 13.7. The number of para-hydroxylation sites is 1. The second kappa shape index (κ2) is 9.02. The number of carbonyl (C=O) groups is 2. The van der Waals surface area contributed by atoms with E-state index in [-0.39, 0.29) is 24.0 Å². The van der Waals surface area contributed by atoms with Crippen LogP contribution < -0.4 is 16.4 Å². The molecule has 1 aliphatic heterocycles. The van der Waals surface area contributed by atoms with Crippen LogP contribution in [0.15, 0.2) is 42.5 Å². The molecule has 0 atom stereocenters. The topological polar surface area (TPSA) is 87.5 Å². The van der Waals surface area contributed by atoms with E-state index >= 15 is 0 Å². The number of fused-ring (bicyclic) bond motifs is 1. The van der Waals surface area contributed by atoms with Gasteiger partial charge in [-0.1, -0.05) is 37.1 Å². The fourth-order valence-electron chi connectivity index (χ4n) is 4.27. The van der Waals surface area contributed by atoms with Crippen molar-refractivity contribution in [1.29, 1.82) is 0 Å². The van der Waals surface area contributed by atoms with Crippen molar-refractivity contribution in [2.45, 2.75) is 44.2 Å². The van der Waals surface area contributed by atoms with Crippen molar-refractivity contribution in [3.8, 4) is 0 Å². The molecule has 6 nitrogen and oxygen atoms in total. The van der Waals surface area contributed by atoms with Gasteiger partial charge in [0.05, 0.1) is 11.2 Å². The van der Waals surface area contributed by atoms with Gasteiger partial charge in [-0.05, 0) is 48.6 Å². The Morgan fingerprint density at radius 1 is 1.00 bits per heavy atom. The molecule has 2 aliphatic rings. The summed E-state index contributed by atoms with van der Waals surface area (Å²) < 4.78 is 13.7. The van der Waals surface area contributed by atoms with Crippen LogP contribution in [-0.4, -0.2) is 28.9 Å². The molecular formula is C22H26ClFN4O2. The maximum atomic E-state index is 13.7. The second-order valence-corrected chi connectivity index (χ2v) is 7.84. The fourth-order valence-corrected chi connectivity index (χ4v) is 4.27. The molecule has 0 aromatic heterocycles. The zero-order valence-corrected chi connectivity index (χ0v) is 17.4. The van der Waals surface area contributed by atoms with Crippen LogP contribution in [0.25, 0.3) is 0 Å². The number of halogens is 2. The Morgan fingerprint density at radius 3 is 2.40 bits per heavy atom. The number of nitrogens with two attached hydrogens (primary N) is 1. The molecule has 0 saturated heterocycles. The highest BCUT2D eigenvalue weighted by molar-refractivity contribution is 6.00. The highest BCUT2D eigenvalue weighted by atomic mass is 35.5. The van der Waals surface area contributed by atoms with E-state index in [2.05, 4.69) is 10.6 Å². The van der Waals surface area contributed by atoms with Crippen LogP contribution in [0.2, 0.25) is 0 Å². The van der Waals surface area contributed by atoms with Crippen molar-refractivity contribution in [3.63, 3.8) is 0 Å². The van der Waals surface area contributed by atoms with E-state index < -0.39 is 17.4 Å². The number of nitrogens with zero attached hydrogens (tertiary/aromatic N) is 1. The van der Waals surface area contributed by atoms with Crippen LogP contribution in [0.4, 0.5) is 20.6 Å². The predicted molar refractivity (Wildman–Crippen MR) is 117 cm³/mol. The average molecular weight is 433 g/mol. The molecule has 1 fully saturated rings. The molecule has 160 valence electrons. The van der Waals surface area contributed by atoms with E-state index in [0.29, 0.717) is 25.2 Å². The lowest BCUT2D eigenvalue weighted by Gasteiger charge is -2.35. The Balaban J connectivity index is 0.00000256. The Morgan fingerprint density at radius 2 is 1.67 bits per heavy atom. The minimum Gasteiger partial charge on any atom is -0.336 e. The van der Waals surface area contributed by atoms with Crippen LogP contribution in [0.3, 0.4) is 0 Å². The highest BCUT2D eigenvalue weighted by Gasteiger charge is 2.40. The molecular weight excluding hydrogens is 407 g/mol. The van der Waals surface area contributed by atoms with Gasteiger partial charge in [0, 0.05) is 18.8 Å². The number of nitrogens with one attached hydrogen (secondary N) is 2. The number of urea groups is 1. The lowest BCUT2D eigenvalue weighted by atomic mass is 9.93. The number of anilines is 2. The molecule has 3 amide bonds. The van der Waals surface area contributed by atoms with Crippen molar-refractivity contribution < 1.29 is 14.0 Å². The molecule has 1 aliphatic carbocycles. The Bertz CT molecular complexity index is 946. The molecule has 0 radical (unpaired) electrons. The quantitative estimate of drug-likeness (QED) is 0.683. The minimum atomic E-state index is -0.729. The molecule has 4 N–H and O–H groups in total. The van der Waals surface area contributed by atoms with Crippen molar-refractivity contribution in [1.82, 2.24) is 4.90 Å². The molecule has 0 bridgehead atoms. The number of benzene rings is 2. The zero-order valence-electron chi connectivity index (χ0n) is 16.6. The number of amides is 3. The molecule has 30 heavy (non-hydrogen) atoms. The van der Waals surface area contributed by atoms with Gasteiger partial charge in [0.15, 0.2) is 0 Å². The van der Waals surface area contributed by atoms with E-state index in [1.54, 1.807) is 12.1 Å². The summed E-state index contributed by atoms with van der Waals surface area (Å²) in [6, 6.07) is 11.1. The van der Waals surface area contributed by atoms with Crippen molar-refractivity contribution in [2.75, 3.05) is 17.2 Å². The summed E-state index contributed by atoms with van der Waals surface area (Å²) >= 11 is 0. The van der Waals surface area contributed by atoms with E-state index in [4.69, 9.17) is 5.73 Å². The lowest BCUT2D eigenvalue weighted by Crippen LogP contribution is -2.54. The van der Waals surface area contributed by atoms with Gasteiger partial charge in [0.2, 0.25) is 5.91 Å². The van der Waals surface area contributed by atoms with Gasteiger partial charge in [-0.2, -0.15) is 0 Å². The molecule has 1 saturated carbocycles. The second-order valence-electron chi connectivity index (χ2n) is 7.84. The van der Waals surface area contributed by atoms with Gasteiger partial charge in [0.25, 0.3) is 0 Å². The van der Waals surface area contributed by atoms with Gasteiger partial charge in [0.1, 0.15) is 5.82 Å². The first kappa shape index (κ1) is 22.1. The summed E-state index contributed by atoms with van der Waals surface area (Å²) in [7, 11) is 0. The SMILES string of the molecule is Cl.NC1(C(=O)N2CCc3c(cccc3NC(=O)Nc3ccccc3F)C2)CCCC1. The first-order valence-corrected chi connectivity index (χ1v) is 9.98. The van der Waals surface area contributed by atoms with E-state index in [9.17, 15) is 14.0 Å². The number of rotatable bonds is 3. The minimum absolute atomic E-state index is 0. The standard InChI is InChI=1S/C22H25FN4O2.ClH/c23-17-7-1-2-8-19(17)26-21(29)25-18-9-5-6-15-14-27(13-10-16(15)18)20(28)22(24)11-3-4-12-22;/h1-2,5-9H,3-4,10-14,24H2,(H2,25,26,29);1H. The normalized spacial score (nSPS) is 16.9. The summed E-state index contributed by atoms with van der Waals surface area (Å²) in [5.41, 5.74) is 8.41. The van der Waals surface area contributed by atoms with E-state index in [1.165, 1.54) is 12.1 Å². The Kier molecular flexibility index (Phi) is 6.63. The fraction of sp³-hybridized carbons (Fsp3) is 0.364. The third kappa shape index (κ3) is 4.42. The van der Waals surface area contributed by atoms with Crippen molar-refractivity contribution in [3.05, 3.63) is 59.4 Å². The van der Waals surface area contributed by atoms with Gasteiger partial charge >= 0.3 is 6.03 Å². The summed E-state index contributed by atoms with van der Waals surface area (Å²) in [4.78, 5) is 27.1. The average Bonchev–Trinajstić information content (AvgIpc) is 3.17. The third-order valence-corrected chi connectivity index (χ3v) is 5.85. The van der Waals surface area contributed by atoms with Crippen LogP contribution in [0.1, 0.15) is 36.8 Å². The molecule has 1 heterocycles. The maximum Gasteiger partial charge on any atom is 0.323 e. The molecule has 4 rings (SSSR count). The van der Waals surface area contributed by atoms with Gasteiger partial charge < -0.3 is 21.3 Å². The van der Waals surface area contributed by atoms with Crippen LogP contribution in [0, 0.1) is 5.82 Å². The molecule has 2 aromatic carbocycles. The zero-order chi connectivity index (χ0) is 20.4. The van der Waals surface area contributed by atoms with Crippen LogP contribution in [0.5, 0.6) is 0 Å². The Hall–Kier alpha value is -2.64. The predicted octanol–water partition coefficient (Wildman–Crippen LogP) is 4.05. The van der Waals surface area contributed by atoms with E-state index in [0.717, 1.165) is 36.8 Å². The van der Waals surface area contributed by atoms with Gasteiger partial charge in [-0.15, -0.1) is 12.4 Å². The summed E-state index contributed by atoms with van der Waals surface area (Å²) in [5, 5.41) is 5.34. The third-order valence-electron chi connectivity index (χ3n) is 5.85. The van der Waals surface area contributed by atoms with Crippen LogP contribution >= 0.6 is 12.4 Å². The van der Waals surface area contributed by atoms with Gasteiger partial charge in [-0.25, -0.2) is 9.18 Å². The Labute approximate surface area is 181 Å². The first-order chi connectivity index (χ1) is 14.0. The lowest BCUT2D eigenvalue weighted by molar-refractivity contribution is -0.137. The molecule has 0 unspecified atom stereocenters. The molecule has 8 heteroatoms. The summed E-state index contributed by atoms with van der Waals surface area (Å²) in [6.07, 6.45) is 4.11. The van der Waals surface area contributed by atoms with Crippen molar-refractivity contribution in [2.24, 2.45) is 5.73 Å². The first-order valence-electron chi connectivity index (χ1n) is 9.98. The number of hydrogen-bond acceptors (Lipinski definition) is 3. The highest BCUT2D eigenvalue weighted by Crippen LogP contribution is 2.32. The monoisotopic (exact) mass is 432 g/mol. The van der Waals surface area contributed by atoms with Crippen LogP contribution in [-0.2, 0) is 17.8 Å². The van der Waals surface area contributed by atoms with Gasteiger partial charge in [-0.3, -0.25) is 4.79 Å². The van der Waals surface area contributed by atoms with E-state index in [1.807, 2.05) is 23.1 Å². The smallest absolute Gasteiger partial charge is 0.323 e. The largest absolute Gasteiger partial charge is 0.336 e. The summed E-state index contributed by atoms with van der Waals surface area (Å²) in [6.45, 7) is 1.05. The molecule has 2 aromatic rings. The van der Waals surface area contributed by atoms with Crippen molar-refractivity contribution >= 4 is 35.7 Å². The summed E-state index contributed by atoms with van der Waals surface area (Å²) in [5.74, 6) is -0.467. The number of hydrogen-bond donors (Lipinski definition) is 3. The number of carbonyl (C=O) groups excluding carboxylic acids is 2. The molecule has 0 spiro atoms.